The highest BCUT2D eigenvalue weighted by Gasteiger charge is 2.11. The highest BCUT2D eigenvalue weighted by atomic mass is 32.1. The average molecular weight is 291 g/mol. The summed E-state index contributed by atoms with van der Waals surface area (Å²) in [4.78, 5) is 20.6. The van der Waals surface area contributed by atoms with Crippen LogP contribution in [0.3, 0.4) is 0 Å². The molecule has 7 heteroatoms. The number of rotatable bonds is 5. The number of carbonyl (C=O) groups excluding carboxylic acids is 1. The minimum absolute atomic E-state index is 0.203. The molecule has 2 rings (SSSR count). The molecule has 6 nitrogen and oxygen atoms in total. The number of amides is 1. The Morgan fingerprint density at radius 1 is 1.30 bits per heavy atom. The van der Waals surface area contributed by atoms with E-state index in [1.165, 1.54) is 11.5 Å². The van der Waals surface area contributed by atoms with Gasteiger partial charge >= 0.3 is 0 Å². The molecule has 0 aliphatic carbocycles. The highest BCUT2D eigenvalue weighted by Crippen LogP contribution is 2.15. The fraction of sp³-hybridized carbons (Fsp3) is 0.385. The molecule has 20 heavy (non-hydrogen) atoms. The fourth-order valence-corrected chi connectivity index (χ4v) is 2.23. The third-order valence-corrected chi connectivity index (χ3v) is 3.24. The molecule has 0 aliphatic rings. The van der Waals surface area contributed by atoms with Crippen molar-refractivity contribution in [2.24, 2.45) is 0 Å². The Morgan fingerprint density at radius 3 is 2.75 bits per heavy atom. The third kappa shape index (κ3) is 3.74. The molecule has 0 saturated heterocycles. The number of hydrogen-bond acceptors (Lipinski definition) is 6. The molecule has 2 heterocycles. The number of carbonyl (C=O) groups is 1. The average Bonchev–Trinajstić information content (AvgIpc) is 2.81. The Morgan fingerprint density at radius 2 is 2.10 bits per heavy atom. The molecule has 106 valence electrons. The second kappa shape index (κ2) is 6.42. The van der Waals surface area contributed by atoms with Crippen molar-refractivity contribution in [2.45, 2.75) is 27.2 Å². The van der Waals surface area contributed by atoms with E-state index in [4.69, 9.17) is 0 Å². The van der Waals surface area contributed by atoms with Crippen molar-refractivity contribution in [3.8, 4) is 0 Å². The molecule has 0 fully saturated rings. The molecule has 0 unspecified atom stereocenters. The summed E-state index contributed by atoms with van der Waals surface area (Å²) in [6, 6.07) is 3.49. The second-order valence-electron chi connectivity index (χ2n) is 4.41. The van der Waals surface area contributed by atoms with Crippen LogP contribution in [0.4, 0.5) is 10.9 Å². The molecule has 0 aliphatic heterocycles. The van der Waals surface area contributed by atoms with Crippen molar-refractivity contribution >= 4 is 28.4 Å². The van der Waals surface area contributed by atoms with E-state index in [1.807, 2.05) is 6.92 Å². The Kier molecular flexibility index (Phi) is 4.62. The number of pyridine rings is 1. The van der Waals surface area contributed by atoms with Gasteiger partial charge in [0.15, 0.2) is 0 Å². The van der Waals surface area contributed by atoms with Crippen LogP contribution in [0.5, 0.6) is 0 Å². The van der Waals surface area contributed by atoms with E-state index in [0.717, 1.165) is 18.7 Å². The van der Waals surface area contributed by atoms with Crippen LogP contribution in [0, 0.1) is 13.8 Å². The first kappa shape index (κ1) is 14.4. The molecule has 2 aromatic heterocycles. The monoisotopic (exact) mass is 291 g/mol. The maximum atomic E-state index is 12.2. The van der Waals surface area contributed by atoms with Gasteiger partial charge in [0, 0.05) is 29.3 Å². The largest absolute Gasteiger partial charge is 0.370 e. The molecule has 2 aromatic rings. The van der Waals surface area contributed by atoms with Crippen molar-refractivity contribution in [3.63, 3.8) is 0 Å². The minimum Gasteiger partial charge on any atom is -0.370 e. The van der Waals surface area contributed by atoms with Gasteiger partial charge in [-0.05, 0) is 32.4 Å². The van der Waals surface area contributed by atoms with Gasteiger partial charge in [-0.15, -0.1) is 0 Å². The van der Waals surface area contributed by atoms with Gasteiger partial charge in [-0.3, -0.25) is 10.1 Å². The van der Waals surface area contributed by atoms with E-state index in [1.54, 1.807) is 19.1 Å². The highest BCUT2D eigenvalue weighted by molar-refractivity contribution is 7.09. The Hall–Kier alpha value is -2.02. The second-order valence-corrected chi connectivity index (χ2v) is 5.16. The van der Waals surface area contributed by atoms with Gasteiger partial charge in [-0.2, -0.15) is 4.37 Å². The molecule has 0 spiro atoms. The summed E-state index contributed by atoms with van der Waals surface area (Å²) in [6.45, 7) is 6.56. The zero-order chi connectivity index (χ0) is 14.5. The lowest BCUT2D eigenvalue weighted by Crippen LogP contribution is -2.13. The normalized spacial score (nSPS) is 10.3. The van der Waals surface area contributed by atoms with Crippen LogP contribution in [-0.2, 0) is 0 Å². The Bertz CT molecular complexity index is 611. The molecule has 0 radical (unpaired) electrons. The number of hydrogen-bond donors (Lipinski definition) is 2. The Balaban J connectivity index is 2.14. The van der Waals surface area contributed by atoms with Crippen LogP contribution >= 0.6 is 11.5 Å². The SMILES string of the molecule is CCCNc1cc(C(=O)Nc2nc(C)ns2)cc(C)n1. The van der Waals surface area contributed by atoms with Gasteiger partial charge < -0.3 is 5.32 Å². The van der Waals surface area contributed by atoms with Crippen LogP contribution in [-0.4, -0.2) is 26.8 Å². The van der Waals surface area contributed by atoms with Crippen LogP contribution in [0.25, 0.3) is 0 Å². The van der Waals surface area contributed by atoms with Crippen molar-refractivity contribution in [2.75, 3.05) is 17.2 Å². The summed E-state index contributed by atoms with van der Waals surface area (Å²) in [5.41, 5.74) is 1.36. The fourth-order valence-electron chi connectivity index (χ4n) is 1.66. The van der Waals surface area contributed by atoms with E-state index < -0.39 is 0 Å². The summed E-state index contributed by atoms with van der Waals surface area (Å²) in [7, 11) is 0. The predicted molar refractivity (Wildman–Crippen MR) is 80.4 cm³/mol. The standard InChI is InChI=1S/C13H17N5OS/c1-4-5-14-11-7-10(6-8(2)15-11)12(19)17-13-16-9(3)18-20-13/h6-7H,4-5H2,1-3H3,(H,14,15)(H,16,17,18,19). The van der Waals surface area contributed by atoms with Crippen LogP contribution in [0.15, 0.2) is 12.1 Å². The van der Waals surface area contributed by atoms with Gasteiger partial charge in [0.1, 0.15) is 11.6 Å². The molecular weight excluding hydrogens is 274 g/mol. The quantitative estimate of drug-likeness (QED) is 0.885. The Labute approximate surface area is 121 Å². The summed E-state index contributed by atoms with van der Waals surface area (Å²) in [5, 5.41) is 6.43. The zero-order valence-corrected chi connectivity index (χ0v) is 12.5. The predicted octanol–water partition coefficient (Wildman–Crippen LogP) is 2.62. The van der Waals surface area contributed by atoms with Gasteiger partial charge in [0.05, 0.1) is 0 Å². The smallest absolute Gasteiger partial charge is 0.257 e. The maximum absolute atomic E-state index is 12.2. The molecule has 0 aromatic carbocycles. The van der Waals surface area contributed by atoms with Crippen LogP contribution < -0.4 is 10.6 Å². The number of aromatic nitrogens is 3. The maximum Gasteiger partial charge on any atom is 0.257 e. The summed E-state index contributed by atoms with van der Waals surface area (Å²) >= 11 is 1.17. The first-order valence-electron chi connectivity index (χ1n) is 6.42. The van der Waals surface area contributed by atoms with E-state index >= 15 is 0 Å². The molecule has 1 amide bonds. The lowest BCUT2D eigenvalue weighted by atomic mass is 10.2. The van der Waals surface area contributed by atoms with Crippen LogP contribution in [0.1, 0.15) is 35.2 Å². The molecular formula is C13H17N5OS. The molecule has 2 N–H and O–H groups in total. The van der Waals surface area contributed by atoms with E-state index in [2.05, 4.69) is 31.9 Å². The van der Waals surface area contributed by atoms with Gasteiger partial charge in [0.25, 0.3) is 5.91 Å². The minimum atomic E-state index is -0.203. The molecule has 0 bridgehead atoms. The first-order chi connectivity index (χ1) is 9.58. The number of nitrogens with zero attached hydrogens (tertiary/aromatic N) is 3. The van der Waals surface area contributed by atoms with Crippen molar-refractivity contribution < 1.29 is 4.79 Å². The number of nitrogens with one attached hydrogen (secondary N) is 2. The van der Waals surface area contributed by atoms with Crippen molar-refractivity contribution in [1.82, 2.24) is 14.3 Å². The summed E-state index contributed by atoms with van der Waals surface area (Å²) < 4.78 is 4.03. The van der Waals surface area contributed by atoms with Gasteiger partial charge in [-0.25, -0.2) is 9.97 Å². The molecule has 0 atom stereocenters. The molecule has 0 saturated carbocycles. The summed E-state index contributed by atoms with van der Waals surface area (Å²) in [6.07, 6.45) is 1.00. The van der Waals surface area contributed by atoms with Gasteiger partial charge in [-0.1, -0.05) is 6.92 Å². The summed E-state index contributed by atoms with van der Waals surface area (Å²) in [5.74, 6) is 1.16. The lowest BCUT2D eigenvalue weighted by Gasteiger charge is -2.08. The van der Waals surface area contributed by atoms with E-state index in [0.29, 0.717) is 22.3 Å². The third-order valence-electron chi connectivity index (χ3n) is 2.52. The van der Waals surface area contributed by atoms with Gasteiger partial charge in [0.2, 0.25) is 5.13 Å². The number of aryl methyl sites for hydroxylation is 2. The topological polar surface area (TPSA) is 79.8 Å². The van der Waals surface area contributed by atoms with Crippen LogP contribution in [0.2, 0.25) is 0 Å². The lowest BCUT2D eigenvalue weighted by molar-refractivity contribution is 0.102. The van der Waals surface area contributed by atoms with Crippen molar-refractivity contribution in [3.05, 3.63) is 29.2 Å². The zero-order valence-electron chi connectivity index (χ0n) is 11.7. The number of anilines is 2. The van der Waals surface area contributed by atoms with E-state index in [9.17, 15) is 4.79 Å². The first-order valence-corrected chi connectivity index (χ1v) is 7.20. The van der Waals surface area contributed by atoms with E-state index in [-0.39, 0.29) is 5.91 Å². The van der Waals surface area contributed by atoms with Crippen molar-refractivity contribution in [1.29, 1.82) is 0 Å².